The van der Waals surface area contributed by atoms with Gasteiger partial charge in [0.25, 0.3) is 0 Å². The smallest absolute Gasteiger partial charge is 0.171 e. The predicted octanol–water partition coefficient (Wildman–Crippen LogP) is 10.6. The second-order valence-corrected chi connectivity index (χ2v) is 15.3. The van der Waals surface area contributed by atoms with Crippen molar-refractivity contribution in [1.82, 2.24) is 9.97 Å². The molecule has 9 rings (SSSR count). The van der Waals surface area contributed by atoms with Gasteiger partial charge in [0.2, 0.25) is 0 Å². The lowest BCUT2D eigenvalue weighted by atomic mass is 9.94. The first-order valence-electron chi connectivity index (χ1n) is 16.8. The normalized spacial score (nSPS) is 11.7. The summed E-state index contributed by atoms with van der Waals surface area (Å²) in [5.74, 6) is 0. The molecule has 236 valence electrons. The third kappa shape index (κ3) is 5.11. The summed E-state index contributed by atoms with van der Waals surface area (Å²) in [4.78, 5) is 10.4. The molecule has 0 N–H and O–H groups in total. The molecule has 7 aromatic carbocycles. The van der Waals surface area contributed by atoms with Crippen molar-refractivity contribution < 1.29 is 4.57 Å². The molecule has 9 aromatic rings. The van der Waals surface area contributed by atoms with Crippen molar-refractivity contribution in [3.05, 3.63) is 188 Å². The summed E-state index contributed by atoms with van der Waals surface area (Å²) >= 11 is 0. The van der Waals surface area contributed by atoms with Crippen LogP contribution in [0.3, 0.4) is 0 Å². The lowest BCUT2D eigenvalue weighted by Gasteiger charge is -2.20. The third-order valence-corrected chi connectivity index (χ3v) is 12.6. The molecule has 50 heavy (non-hydrogen) atoms. The fourth-order valence-corrected chi connectivity index (χ4v) is 9.70. The summed E-state index contributed by atoms with van der Waals surface area (Å²) in [5.41, 5.74) is 8.05. The predicted molar refractivity (Wildman–Crippen MR) is 210 cm³/mol. The number of benzene rings is 7. The minimum absolute atomic E-state index is 0.813. The van der Waals surface area contributed by atoms with Crippen molar-refractivity contribution in [2.45, 2.75) is 0 Å². The number of hydrogen-bond donors (Lipinski definition) is 0. The first-order valence-corrected chi connectivity index (χ1v) is 18.5. The monoisotopic (exact) mass is 658 g/mol. The van der Waals surface area contributed by atoms with E-state index in [1.807, 2.05) is 97.1 Å². The lowest BCUT2D eigenvalue weighted by Crippen LogP contribution is -2.24. The Bertz CT molecular complexity index is 2650. The van der Waals surface area contributed by atoms with Gasteiger partial charge in [-0.3, -0.25) is 0 Å². The van der Waals surface area contributed by atoms with Crippen LogP contribution in [-0.4, -0.2) is 9.97 Å². The van der Waals surface area contributed by atoms with E-state index in [-0.39, 0.29) is 0 Å². The quantitative estimate of drug-likeness (QED) is 0.132. The third-order valence-electron chi connectivity index (χ3n) is 9.55. The summed E-state index contributed by atoms with van der Waals surface area (Å²) in [6.07, 6.45) is 0. The van der Waals surface area contributed by atoms with Crippen LogP contribution >= 0.6 is 7.14 Å². The van der Waals surface area contributed by atoms with Gasteiger partial charge in [-0.05, 0) is 46.8 Å². The van der Waals surface area contributed by atoms with E-state index in [1.54, 1.807) is 0 Å². The first kappa shape index (κ1) is 29.9. The van der Waals surface area contributed by atoms with Crippen LogP contribution in [0.5, 0.6) is 0 Å². The van der Waals surface area contributed by atoms with Gasteiger partial charge >= 0.3 is 0 Å². The molecule has 0 fully saturated rings. The molecule has 0 aliphatic heterocycles. The van der Waals surface area contributed by atoms with E-state index < -0.39 is 7.14 Å². The van der Waals surface area contributed by atoms with Crippen molar-refractivity contribution in [2.24, 2.45) is 0 Å². The highest BCUT2D eigenvalue weighted by molar-refractivity contribution is 7.85. The van der Waals surface area contributed by atoms with E-state index >= 15 is 0 Å². The van der Waals surface area contributed by atoms with E-state index in [0.29, 0.717) is 0 Å². The Kier molecular flexibility index (Phi) is 7.42. The average molecular weight is 659 g/mol. The minimum atomic E-state index is -3.06. The van der Waals surface area contributed by atoms with Crippen LogP contribution in [0, 0.1) is 0 Å². The first-order chi connectivity index (χ1) is 24.7. The Labute approximate surface area is 290 Å². The van der Waals surface area contributed by atoms with Crippen molar-refractivity contribution in [3.8, 4) is 33.6 Å². The molecule has 0 bridgehead atoms. The molecule has 2 aromatic heterocycles. The van der Waals surface area contributed by atoms with Gasteiger partial charge in [-0.1, -0.05) is 158 Å². The van der Waals surface area contributed by atoms with Crippen LogP contribution in [0.1, 0.15) is 0 Å². The zero-order valence-electron chi connectivity index (χ0n) is 27.1. The van der Waals surface area contributed by atoms with Crippen LogP contribution < -0.4 is 15.9 Å². The Morgan fingerprint density at radius 2 is 0.860 bits per heavy atom. The number of aromatic nitrogens is 2. The van der Waals surface area contributed by atoms with E-state index in [9.17, 15) is 4.57 Å². The Morgan fingerprint density at radius 1 is 0.360 bits per heavy atom. The van der Waals surface area contributed by atoms with Gasteiger partial charge in [0.1, 0.15) is 0 Å². The van der Waals surface area contributed by atoms with Crippen LogP contribution in [0.2, 0.25) is 0 Å². The minimum Gasteiger partial charge on any atom is -0.309 e. The SMILES string of the molecule is O=P(c1ccccc1)(c1ccccc1)c1ccc(-c2ccc3nc(-c4ccccc4)c4c5ccc(-c6ccccc6)nc5ccc4c3c2)cc1. The van der Waals surface area contributed by atoms with Gasteiger partial charge in [-0.2, -0.15) is 0 Å². The highest BCUT2D eigenvalue weighted by Gasteiger charge is 2.29. The highest BCUT2D eigenvalue weighted by Crippen LogP contribution is 2.43. The van der Waals surface area contributed by atoms with E-state index in [1.165, 1.54) is 0 Å². The Morgan fingerprint density at radius 3 is 1.50 bits per heavy atom. The molecule has 2 heterocycles. The molecule has 0 spiro atoms. The summed E-state index contributed by atoms with van der Waals surface area (Å²) in [7, 11) is -3.06. The standard InChI is InChI=1S/C46H31N2OP/c49-50(36-17-9-3-10-18-36,37-19-11-4-12-20-37)38-24-21-32(22-25-38)35-23-28-44-41(31-35)39-26-30-43-40(27-29-42(47-43)33-13-5-1-6-14-33)45(39)46(48-44)34-15-7-2-8-16-34/h1-31H. The maximum atomic E-state index is 14.9. The summed E-state index contributed by atoms with van der Waals surface area (Å²) in [5, 5.41) is 6.84. The Balaban J connectivity index is 1.20. The Hall–Kier alpha value is -6.15. The van der Waals surface area contributed by atoms with Crippen LogP contribution in [0.4, 0.5) is 0 Å². The van der Waals surface area contributed by atoms with Gasteiger partial charge in [0, 0.05) is 43.2 Å². The number of pyridine rings is 2. The molecule has 3 nitrogen and oxygen atoms in total. The topological polar surface area (TPSA) is 42.9 Å². The summed E-state index contributed by atoms with van der Waals surface area (Å²) in [6.45, 7) is 0. The van der Waals surface area contributed by atoms with Crippen LogP contribution in [-0.2, 0) is 4.57 Å². The molecule has 4 heteroatoms. The molecule has 0 saturated carbocycles. The molecule has 0 saturated heterocycles. The van der Waals surface area contributed by atoms with Crippen LogP contribution in [0.15, 0.2) is 188 Å². The number of fused-ring (bicyclic) bond motifs is 5. The summed E-state index contributed by atoms with van der Waals surface area (Å²) < 4.78 is 14.9. The van der Waals surface area contributed by atoms with Gasteiger partial charge in [-0.15, -0.1) is 0 Å². The number of hydrogen-bond acceptors (Lipinski definition) is 3. The van der Waals surface area contributed by atoms with Crippen LogP contribution in [0.25, 0.3) is 66.2 Å². The van der Waals surface area contributed by atoms with E-state index in [4.69, 9.17) is 9.97 Å². The van der Waals surface area contributed by atoms with Crippen molar-refractivity contribution in [3.63, 3.8) is 0 Å². The van der Waals surface area contributed by atoms with E-state index in [0.717, 1.165) is 82.1 Å². The molecule has 0 unspecified atom stereocenters. The number of nitrogens with zero attached hydrogens (tertiary/aromatic N) is 2. The average Bonchev–Trinajstić information content (AvgIpc) is 3.21. The van der Waals surface area contributed by atoms with E-state index in [2.05, 4.69) is 91.0 Å². The molecule has 0 amide bonds. The molecular formula is C46H31N2OP. The second-order valence-electron chi connectivity index (χ2n) is 12.5. The van der Waals surface area contributed by atoms with Crippen molar-refractivity contribution in [1.29, 1.82) is 0 Å². The maximum Gasteiger partial charge on any atom is 0.171 e. The van der Waals surface area contributed by atoms with Crippen molar-refractivity contribution >= 4 is 55.6 Å². The van der Waals surface area contributed by atoms with Crippen molar-refractivity contribution in [2.75, 3.05) is 0 Å². The van der Waals surface area contributed by atoms with Gasteiger partial charge in [-0.25, -0.2) is 9.97 Å². The summed E-state index contributed by atoms with van der Waals surface area (Å²) in [6, 6.07) is 63.7. The number of rotatable bonds is 6. The fourth-order valence-electron chi connectivity index (χ4n) is 7.05. The zero-order valence-corrected chi connectivity index (χ0v) is 28.0. The largest absolute Gasteiger partial charge is 0.309 e. The molecule has 0 radical (unpaired) electrons. The van der Waals surface area contributed by atoms with Gasteiger partial charge in [0.15, 0.2) is 7.14 Å². The lowest BCUT2D eigenvalue weighted by molar-refractivity contribution is 0.592. The molecule has 0 aliphatic rings. The highest BCUT2D eigenvalue weighted by atomic mass is 31.2. The van der Waals surface area contributed by atoms with Gasteiger partial charge < -0.3 is 4.57 Å². The second kappa shape index (κ2) is 12.4. The fraction of sp³-hybridized carbons (Fsp3) is 0. The zero-order chi connectivity index (χ0) is 33.5. The maximum absolute atomic E-state index is 14.9. The molecule has 0 aliphatic carbocycles. The van der Waals surface area contributed by atoms with Gasteiger partial charge in [0.05, 0.1) is 22.4 Å². The molecular weight excluding hydrogens is 627 g/mol. The molecule has 0 atom stereocenters.